The third-order valence-corrected chi connectivity index (χ3v) is 5.82. The van der Waals surface area contributed by atoms with Crippen LogP contribution in [0.5, 0.6) is 0 Å². The Balaban J connectivity index is 1.56. The fraction of sp³-hybridized carbons (Fsp3) is 0.938. The second kappa shape index (κ2) is 5.55. The van der Waals surface area contributed by atoms with Crippen molar-refractivity contribution in [3.63, 3.8) is 0 Å². The Labute approximate surface area is 121 Å². The van der Waals surface area contributed by atoms with Crippen LogP contribution >= 0.6 is 0 Å². The SMILES string of the molecule is CCN(CCO)C(=O)NCC12CC3CC(CC(C3)C1)C2. The van der Waals surface area contributed by atoms with Crippen LogP contribution in [0.4, 0.5) is 4.79 Å². The molecule has 0 saturated heterocycles. The molecule has 4 saturated carbocycles. The van der Waals surface area contributed by atoms with E-state index in [0.717, 1.165) is 24.3 Å². The molecular weight excluding hydrogens is 252 g/mol. The number of amides is 2. The maximum absolute atomic E-state index is 12.2. The van der Waals surface area contributed by atoms with Gasteiger partial charge < -0.3 is 15.3 Å². The number of rotatable bonds is 5. The third-order valence-electron chi connectivity index (χ3n) is 5.82. The molecule has 4 aliphatic rings. The predicted molar refractivity (Wildman–Crippen MR) is 78.3 cm³/mol. The van der Waals surface area contributed by atoms with Gasteiger partial charge in [0.05, 0.1) is 6.61 Å². The van der Waals surface area contributed by atoms with Gasteiger partial charge in [0.15, 0.2) is 0 Å². The number of aliphatic hydroxyl groups is 1. The Morgan fingerprint density at radius 1 is 1.20 bits per heavy atom. The first-order valence-electron chi connectivity index (χ1n) is 8.28. The van der Waals surface area contributed by atoms with E-state index in [9.17, 15) is 4.79 Å². The lowest BCUT2D eigenvalue weighted by Crippen LogP contribution is -2.53. The lowest BCUT2D eigenvalue weighted by atomic mass is 9.49. The Bertz CT molecular complexity index is 334. The van der Waals surface area contributed by atoms with Gasteiger partial charge in [0.1, 0.15) is 0 Å². The van der Waals surface area contributed by atoms with Crippen molar-refractivity contribution in [2.45, 2.75) is 45.4 Å². The van der Waals surface area contributed by atoms with E-state index in [2.05, 4.69) is 5.32 Å². The summed E-state index contributed by atoms with van der Waals surface area (Å²) in [6.45, 7) is 3.94. The van der Waals surface area contributed by atoms with Crippen molar-refractivity contribution in [3.8, 4) is 0 Å². The zero-order valence-corrected chi connectivity index (χ0v) is 12.6. The summed E-state index contributed by atoms with van der Waals surface area (Å²) in [5.41, 5.74) is 0.392. The van der Waals surface area contributed by atoms with Crippen LogP contribution < -0.4 is 5.32 Å². The molecule has 0 aliphatic heterocycles. The van der Waals surface area contributed by atoms with Crippen molar-refractivity contribution in [2.24, 2.45) is 23.2 Å². The van der Waals surface area contributed by atoms with Gasteiger partial charge in [-0.3, -0.25) is 0 Å². The van der Waals surface area contributed by atoms with Crippen molar-refractivity contribution < 1.29 is 9.90 Å². The number of nitrogens with one attached hydrogen (secondary N) is 1. The Kier molecular flexibility index (Phi) is 3.93. The molecule has 4 rings (SSSR count). The largest absolute Gasteiger partial charge is 0.395 e. The normalized spacial score (nSPS) is 38.0. The van der Waals surface area contributed by atoms with Crippen molar-refractivity contribution in [1.29, 1.82) is 0 Å². The van der Waals surface area contributed by atoms with Gasteiger partial charge in [-0.2, -0.15) is 0 Å². The number of hydrogen-bond acceptors (Lipinski definition) is 2. The number of nitrogens with zero attached hydrogens (tertiary/aromatic N) is 1. The summed E-state index contributed by atoms with van der Waals surface area (Å²) >= 11 is 0. The maximum Gasteiger partial charge on any atom is 0.317 e. The highest BCUT2D eigenvalue weighted by Crippen LogP contribution is 2.59. The molecule has 4 aliphatic carbocycles. The molecule has 20 heavy (non-hydrogen) atoms. The van der Waals surface area contributed by atoms with Gasteiger partial charge in [0, 0.05) is 19.6 Å². The van der Waals surface area contributed by atoms with Crippen molar-refractivity contribution in [3.05, 3.63) is 0 Å². The second-order valence-corrected chi connectivity index (χ2v) is 7.38. The van der Waals surface area contributed by atoms with Gasteiger partial charge in [0.25, 0.3) is 0 Å². The van der Waals surface area contributed by atoms with Gasteiger partial charge in [-0.15, -0.1) is 0 Å². The second-order valence-electron chi connectivity index (χ2n) is 7.38. The summed E-state index contributed by atoms with van der Waals surface area (Å²) < 4.78 is 0. The number of hydrogen-bond donors (Lipinski definition) is 2. The van der Waals surface area contributed by atoms with E-state index >= 15 is 0 Å². The molecule has 0 atom stereocenters. The molecule has 0 aromatic heterocycles. The molecular formula is C16H28N2O2. The minimum atomic E-state index is -0.00250. The molecule has 0 spiro atoms. The van der Waals surface area contributed by atoms with Crippen molar-refractivity contribution in [2.75, 3.05) is 26.2 Å². The van der Waals surface area contributed by atoms with E-state index in [0.29, 0.717) is 18.5 Å². The zero-order valence-electron chi connectivity index (χ0n) is 12.6. The third kappa shape index (κ3) is 2.67. The van der Waals surface area contributed by atoms with Crippen LogP contribution in [0.1, 0.15) is 45.4 Å². The minimum absolute atomic E-state index is 0.00250. The quantitative estimate of drug-likeness (QED) is 0.811. The molecule has 0 unspecified atom stereocenters. The summed E-state index contributed by atoms with van der Waals surface area (Å²) in [4.78, 5) is 13.9. The molecule has 4 heteroatoms. The molecule has 0 aromatic rings. The summed E-state index contributed by atoms with van der Waals surface area (Å²) in [7, 11) is 0. The first-order chi connectivity index (χ1) is 9.64. The van der Waals surface area contributed by atoms with Gasteiger partial charge in [-0.25, -0.2) is 4.79 Å². The standard InChI is InChI=1S/C16H28N2O2/c1-2-18(3-4-19)15(20)17-11-16-8-12-5-13(9-16)7-14(6-12)10-16/h12-14,19H,2-11H2,1H3,(H,17,20). The Hall–Kier alpha value is -0.770. The van der Waals surface area contributed by atoms with E-state index in [1.807, 2.05) is 6.92 Å². The number of urea groups is 1. The molecule has 2 N–H and O–H groups in total. The summed E-state index contributed by atoms with van der Waals surface area (Å²) in [6, 6.07) is -0.00250. The monoisotopic (exact) mass is 280 g/mol. The van der Waals surface area contributed by atoms with Crippen LogP contribution in [0.15, 0.2) is 0 Å². The Morgan fingerprint density at radius 2 is 1.75 bits per heavy atom. The topological polar surface area (TPSA) is 52.6 Å². The molecule has 0 aromatic carbocycles. The lowest BCUT2D eigenvalue weighted by molar-refractivity contribution is -0.0502. The van der Waals surface area contributed by atoms with Crippen LogP contribution in [0, 0.1) is 23.2 Å². The zero-order chi connectivity index (χ0) is 14.2. The molecule has 114 valence electrons. The minimum Gasteiger partial charge on any atom is -0.395 e. The van der Waals surface area contributed by atoms with Crippen molar-refractivity contribution in [1.82, 2.24) is 10.2 Å². The average molecular weight is 280 g/mol. The van der Waals surface area contributed by atoms with Crippen LogP contribution in [0.25, 0.3) is 0 Å². The number of aliphatic hydroxyl groups excluding tert-OH is 1. The summed E-state index contributed by atoms with van der Waals surface area (Å²) in [5.74, 6) is 2.79. The summed E-state index contributed by atoms with van der Waals surface area (Å²) in [6.07, 6.45) is 8.30. The molecule has 0 heterocycles. The fourth-order valence-corrected chi connectivity index (χ4v) is 5.41. The van der Waals surface area contributed by atoms with Gasteiger partial charge in [0.2, 0.25) is 0 Å². The first-order valence-corrected chi connectivity index (χ1v) is 8.28. The molecule has 2 amide bonds. The fourth-order valence-electron chi connectivity index (χ4n) is 5.41. The number of carbonyl (C=O) groups is 1. The highest BCUT2D eigenvalue weighted by Gasteiger charge is 2.50. The predicted octanol–water partition coefficient (Wildman–Crippen LogP) is 2.23. The van der Waals surface area contributed by atoms with E-state index in [1.54, 1.807) is 4.90 Å². The van der Waals surface area contributed by atoms with E-state index in [4.69, 9.17) is 5.11 Å². The Morgan fingerprint density at radius 3 is 2.20 bits per heavy atom. The van der Waals surface area contributed by atoms with Crippen LogP contribution in [-0.4, -0.2) is 42.3 Å². The molecule has 4 nitrogen and oxygen atoms in total. The van der Waals surface area contributed by atoms with Gasteiger partial charge in [-0.1, -0.05) is 0 Å². The number of likely N-dealkylation sites (N-methyl/N-ethyl adjacent to an activating group) is 1. The molecule has 4 bridgehead atoms. The first kappa shape index (κ1) is 14.2. The van der Waals surface area contributed by atoms with Crippen LogP contribution in [-0.2, 0) is 0 Å². The number of carbonyl (C=O) groups excluding carboxylic acids is 1. The van der Waals surface area contributed by atoms with Crippen molar-refractivity contribution >= 4 is 6.03 Å². The highest BCUT2D eigenvalue weighted by atomic mass is 16.3. The molecule has 0 radical (unpaired) electrons. The van der Waals surface area contributed by atoms with E-state index in [1.165, 1.54) is 38.5 Å². The molecule has 4 fully saturated rings. The highest BCUT2D eigenvalue weighted by molar-refractivity contribution is 5.74. The van der Waals surface area contributed by atoms with Crippen LogP contribution in [0.2, 0.25) is 0 Å². The van der Waals surface area contributed by atoms with Crippen LogP contribution in [0.3, 0.4) is 0 Å². The summed E-state index contributed by atoms with van der Waals surface area (Å²) in [5, 5.41) is 12.1. The average Bonchev–Trinajstić information content (AvgIpc) is 2.41. The van der Waals surface area contributed by atoms with E-state index < -0.39 is 0 Å². The van der Waals surface area contributed by atoms with Gasteiger partial charge >= 0.3 is 6.03 Å². The lowest BCUT2D eigenvalue weighted by Gasteiger charge is -2.57. The van der Waals surface area contributed by atoms with Gasteiger partial charge in [-0.05, 0) is 68.6 Å². The van der Waals surface area contributed by atoms with E-state index in [-0.39, 0.29) is 12.6 Å². The smallest absolute Gasteiger partial charge is 0.317 e. The maximum atomic E-state index is 12.2.